The average molecular weight is 380 g/mol. The van der Waals surface area contributed by atoms with Crippen LogP contribution in [0.15, 0.2) is 76.6 Å². The molecule has 0 saturated carbocycles. The molecule has 0 radical (unpaired) electrons. The third kappa shape index (κ3) is 4.51. The lowest BCUT2D eigenvalue weighted by molar-refractivity contribution is -0.135. The van der Waals surface area contributed by atoms with Gasteiger partial charge in [0.2, 0.25) is 0 Å². The van der Waals surface area contributed by atoms with Crippen LogP contribution in [0.3, 0.4) is 0 Å². The van der Waals surface area contributed by atoms with Crippen molar-refractivity contribution in [2.45, 2.75) is 6.42 Å². The summed E-state index contributed by atoms with van der Waals surface area (Å²) >= 11 is 0.970. The number of anilines is 1. The summed E-state index contributed by atoms with van der Waals surface area (Å²) in [6.07, 6.45) is 1.23. The number of thioether (sulfide) groups is 1. The number of ether oxygens (including phenoxy) is 1. The lowest BCUT2D eigenvalue weighted by atomic mass is 10.1. The normalized spacial score (nSPS) is 16.8. The molecule has 1 heterocycles. The van der Waals surface area contributed by atoms with E-state index in [0.717, 1.165) is 23.4 Å². The predicted molar refractivity (Wildman–Crippen MR) is 104 cm³/mol. The van der Waals surface area contributed by atoms with Crippen LogP contribution in [0.2, 0.25) is 0 Å². The number of carbonyl (C=O) groups excluding carboxylic acids is 3. The first kappa shape index (κ1) is 18.6. The fourth-order valence-electron chi connectivity index (χ4n) is 2.44. The van der Waals surface area contributed by atoms with Crippen LogP contribution in [0.25, 0.3) is 0 Å². The predicted octanol–water partition coefficient (Wildman–Crippen LogP) is 2.95. The summed E-state index contributed by atoms with van der Waals surface area (Å²) in [7, 11) is 1.23. The Kier molecular flexibility index (Phi) is 5.83. The molecule has 0 unspecified atom stereocenters. The number of carbonyl (C=O) groups is 3. The summed E-state index contributed by atoms with van der Waals surface area (Å²) in [6.45, 7) is 0. The Hall–Kier alpha value is -3.19. The van der Waals surface area contributed by atoms with E-state index >= 15 is 0 Å². The first-order chi connectivity index (χ1) is 13.1. The molecule has 27 heavy (non-hydrogen) atoms. The summed E-state index contributed by atoms with van der Waals surface area (Å²) in [5.41, 5.74) is 1.40. The third-order valence-electron chi connectivity index (χ3n) is 3.69. The van der Waals surface area contributed by atoms with Gasteiger partial charge in [0.05, 0.1) is 24.1 Å². The van der Waals surface area contributed by atoms with Gasteiger partial charge in [-0.25, -0.2) is 4.79 Å². The molecule has 1 aliphatic heterocycles. The van der Waals surface area contributed by atoms with Gasteiger partial charge in [-0.3, -0.25) is 14.5 Å². The van der Waals surface area contributed by atoms with Crippen LogP contribution in [0.1, 0.15) is 5.56 Å². The van der Waals surface area contributed by atoms with Crippen LogP contribution in [-0.4, -0.2) is 30.1 Å². The fraction of sp³-hybridized carbons (Fsp3) is 0.100. The van der Waals surface area contributed by atoms with E-state index in [1.807, 2.05) is 36.4 Å². The van der Waals surface area contributed by atoms with Crippen LogP contribution in [0.5, 0.6) is 0 Å². The zero-order valence-corrected chi connectivity index (χ0v) is 15.3. The Morgan fingerprint density at radius 3 is 2.33 bits per heavy atom. The van der Waals surface area contributed by atoms with Crippen molar-refractivity contribution < 1.29 is 19.1 Å². The standard InChI is InChI=1S/C20H16N2O4S/c1-26-18(24)13-16-19(25)22(15-10-6-3-7-11-15)20(27-16)21-17(23)12-14-8-4-2-5-9-14/h2-11,13H,12H2,1H3. The maximum atomic E-state index is 12.7. The van der Waals surface area contributed by atoms with Crippen LogP contribution in [0, 0.1) is 0 Å². The number of amides is 2. The van der Waals surface area contributed by atoms with Gasteiger partial charge in [-0.15, -0.1) is 0 Å². The van der Waals surface area contributed by atoms with Crippen molar-refractivity contribution in [1.82, 2.24) is 0 Å². The van der Waals surface area contributed by atoms with Crippen LogP contribution >= 0.6 is 11.8 Å². The van der Waals surface area contributed by atoms with Gasteiger partial charge < -0.3 is 4.74 Å². The Bertz CT molecular complexity index is 924. The zero-order chi connectivity index (χ0) is 19.2. The van der Waals surface area contributed by atoms with Gasteiger partial charge in [0.15, 0.2) is 5.17 Å². The molecule has 6 nitrogen and oxygen atoms in total. The highest BCUT2D eigenvalue weighted by atomic mass is 32.2. The molecule has 2 aromatic carbocycles. The second-order valence-electron chi connectivity index (χ2n) is 5.56. The number of amidine groups is 1. The van der Waals surface area contributed by atoms with Gasteiger partial charge in [0, 0.05) is 6.08 Å². The number of aliphatic imine (C=N–C) groups is 1. The first-order valence-corrected chi connectivity index (χ1v) is 8.92. The maximum absolute atomic E-state index is 12.7. The molecule has 7 heteroatoms. The minimum Gasteiger partial charge on any atom is -0.466 e. The molecule has 0 aliphatic carbocycles. The second kappa shape index (κ2) is 8.46. The summed E-state index contributed by atoms with van der Waals surface area (Å²) in [4.78, 5) is 42.3. The molecule has 0 atom stereocenters. The van der Waals surface area contributed by atoms with E-state index in [-0.39, 0.29) is 22.4 Å². The number of hydrogen-bond donors (Lipinski definition) is 0. The van der Waals surface area contributed by atoms with Crippen molar-refractivity contribution in [3.05, 3.63) is 77.2 Å². The van der Waals surface area contributed by atoms with Crippen LogP contribution in [0.4, 0.5) is 5.69 Å². The summed E-state index contributed by atoms with van der Waals surface area (Å²) in [5, 5.41) is 0.210. The van der Waals surface area contributed by atoms with E-state index in [9.17, 15) is 14.4 Å². The smallest absolute Gasteiger partial charge is 0.331 e. The molecule has 1 fully saturated rings. The van der Waals surface area contributed by atoms with Gasteiger partial charge in [-0.1, -0.05) is 48.5 Å². The Balaban J connectivity index is 1.92. The van der Waals surface area contributed by atoms with Gasteiger partial charge in [-0.2, -0.15) is 4.99 Å². The fourth-order valence-corrected chi connectivity index (χ4v) is 3.39. The number of nitrogens with zero attached hydrogens (tertiary/aromatic N) is 2. The summed E-state index contributed by atoms with van der Waals surface area (Å²) < 4.78 is 4.59. The van der Waals surface area contributed by atoms with Crippen molar-refractivity contribution in [3.8, 4) is 0 Å². The number of methoxy groups -OCH3 is 1. The average Bonchev–Trinajstić information content (AvgIpc) is 2.97. The minimum atomic E-state index is -0.643. The SMILES string of the molecule is COC(=O)C=C1SC(=NC(=O)Cc2ccccc2)N(c2ccccc2)C1=O. The largest absolute Gasteiger partial charge is 0.466 e. The Morgan fingerprint density at radius 1 is 1.07 bits per heavy atom. The van der Waals surface area contributed by atoms with Crippen LogP contribution in [-0.2, 0) is 25.5 Å². The van der Waals surface area contributed by atoms with E-state index in [1.165, 1.54) is 12.0 Å². The van der Waals surface area contributed by atoms with E-state index in [4.69, 9.17) is 0 Å². The molecule has 0 N–H and O–H groups in total. The zero-order valence-electron chi connectivity index (χ0n) is 14.5. The van der Waals surface area contributed by atoms with Crippen molar-refractivity contribution >= 4 is 40.4 Å². The highest BCUT2D eigenvalue weighted by Crippen LogP contribution is 2.34. The van der Waals surface area contributed by atoms with Gasteiger partial charge in [-0.05, 0) is 29.5 Å². The molecule has 1 aliphatic rings. The number of rotatable bonds is 4. The Labute approximate surface area is 160 Å². The summed E-state index contributed by atoms with van der Waals surface area (Å²) in [5.74, 6) is -1.45. The number of benzene rings is 2. The lowest BCUT2D eigenvalue weighted by Gasteiger charge is -2.15. The number of esters is 1. The molecule has 2 amide bonds. The minimum absolute atomic E-state index is 0.123. The molecular weight excluding hydrogens is 364 g/mol. The molecule has 0 aromatic heterocycles. The first-order valence-electron chi connectivity index (χ1n) is 8.11. The van der Waals surface area contributed by atoms with E-state index < -0.39 is 11.9 Å². The highest BCUT2D eigenvalue weighted by Gasteiger charge is 2.35. The van der Waals surface area contributed by atoms with Crippen molar-refractivity contribution in [2.75, 3.05) is 12.0 Å². The molecule has 136 valence electrons. The van der Waals surface area contributed by atoms with Crippen molar-refractivity contribution in [3.63, 3.8) is 0 Å². The monoisotopic (exact) mass is 380 g/mol. The second-order valence-corrected chi connectivity index (χ2v) is 6.57. The topological polar surface area (TPSA) is 76.0 Å². The molecule has 1 saturated heterocycles. The van der Waals surface area contributed by atoms with E-state index in [1.54, 1.807) is 24.3 Å². The summed E-state index contributed by atoms with van der Waals surface area (Å²) in [6, 6.07) is 18.1. The van der Waals surface area contributed by atoms with Crippen molar-refractivity contribution in [2.24, 2.45) is 4.99 Å². The lowest BCUT2D eigenvalue weighted by Crippen LogP contribution is -2.29. The van der Waals surface area contributed by atoms with E-state index in [0.29, 0.717) is 5.69 Å². The van der Waals surface area contributed by atoms with Gasteiger partial charge in [0.1, 0.15) is 0 Å². The van der Waals surface area contributed by atoms with E-state index in [2.05, 4.69) is 9.73 Å². The number of para-hydroxylation sites is 1. The molecule has 0 spiro atoms. The van der Waals surface area contributed by atoms with Crippen LogP contribution < -0.4 is 4.90 Å². The quantitative estimate of drug-likeness (QED) is 0.602. The van der Waals surface area contributed by atoms with Crippen molar-refractivity contribution in [1.29, 1.82) is 0 Å². The molecule has 0 bridgehead atoms. The number of hydrogen-bond acceptors (Lipinski definition) is 5. The highest BCUT2D eigenvalue weighted by molar-refractivity contribution is 8.19. The molecule has 3 rings (SSSR count). The molecular formula is C20H16N2O4S. The third-order valence-corrected chi connectivity index (χ3v) is 4.66. The maximum Gasteiger partial charge on any atom is 0.331 e. The van der Waals surface area contributed by atoms with Gasteiger partial charge in [0.25, 0.3) is 11.8 Å². The van der Waals surface area contributed by atoms with Gasteiger partial charge >= 0.3 is 5.97 Å². The Morgan fingerprint density at radius 2 is 1.70 bits per heavy atom. The molecule has 2 aromatic rings.